The van der Waals surface area contributed by atoms with Crippen molar-refractivity contribution in [1.29, 1.82) is 0 Å². The smallest absolute Gasteiger partial charge is 0.251 e. The van der Waals surface area contributed by atoms with Crippen molar-refractivity contribution in [3.8, 4) is 0 Å². The summed E-state index contributed by atoms with van der Waals surface area (Å²) in [6, 6.07) is 6.67. The predicted molar refractivity (Wildman–Crippen MR) is 73.2 cm³/mol. The Morgan fingerprint density at radius 3 is 2.42 bits per heavy atom. The lowest BCUT2D eigenvalue weighted by atomic mass is 9.70. The van der Waals surface area contributed by atoms with Gasteiger partial charge in [0.15, 0.2) is 5.84 Å². The molecule has 0 aliphatic heterocycles. The largest absolute Gasteiger partial charge is 0.409 e. The van der Waals surface area contributed by atoms with E-state index >= 15 is 0 Å². The van der Waals surface area contributed by atoms with Crippen LogP contribution in [0, 0.1) is 5.41 Å². The highest BCUT2D eigenvalue weighted by atomic mass is 16.4. The number of nitrogens with two attached hydrogens (primary N) is 1. The van der Waals surface area contributed by atoms with E-state index in [0.29, 0.717) is 17.7 Å². The van der Waals surface area contributed by atoms with Gasteiger partial charge in [0.2, 0.25) is 0 Å². The topological polar surface area (TPSA) is 87.7 Å². The highest BCUT2D eigenvalue weighted by Gasteiger charge is 2.31. The van der Waals surface area contributed by atoms with E-state index in [1.807, 2.05) is 0 Å². The Bertz CT molecular complexity index is 490. The van der Waals surface area contributed by atoms with Crippen LogP contribution in [0.1, 0.15) is 42.1 Å². The van der Waals surface area contributed by atoms with Crippen LogP contribution in [0.4, 0.5) is 0 Å². The number of amidine groups is 1. The first-order valence-corrected chi connectivity index (χ1v) is 6.40. The first kappa shape index (κ1) is 13.4. The van der Waals surface area contributed by atoms with Crippen LogP contribution in [0.2, 0.25) is 0 Å². The van der Waals surface area contributed by atoms with Crippen LogP contribution in [0.5, 0.6) is 0 Å². The number of amides is 1. The standard InChI is InChI=1S/C14H19N3O2/c1-14(7-2-8-14)9-16-13(18)11-5-3-10(4-6-11)12(15)17-19/h3-6,19H,2,7-9H2,1H3,(H2,15,17)(H,16,18). The van der Waals surface area contributed by atoms with Gasteiger partial charge in [0.25, 0.3) is 5.91 Å². The third kappa shape index (κ3) is 3.05. The maximum absolute atomic E-state index is 12.0. The zero-order valence-electron chi connectivity index (χ0n) is 11.0. The minimum absolute atomic E-state index is 0.0361. The van der Waals surface area contributed by atoms with E-state index in [9.17, 15) is 4.79 Å². The summed E-state index contributed by atoms with van der Waals surface area (Å²) in [5.41, 5.74) is 6.90. The summed E-state index contributed by atoms with van der Waals surface area (Å²) < 4.78 is 0. The highest BCUT2D eigenvalue weighted by molar-refractivity contribution is 5.99. The zero-order chi connectivity index (χ0) is 13.9. The SMILES string of the molecule is CC1(CNC(=O)c2ccc(/C(N)=N/O)cc2)CCC1. The maximum atomic E-state index is 12.0. The molecule has 1 aromatic carbocycles. The first-order valence-electron chi connectivity index (χ1n) is 6.40. The van der Waals surface area contributed by atoms with Gasteiger partial charge < -0.3 is 16.3 Å². The van der Waals surface area contributed by atoms with Crippen molar-refractivity contribution in [2.24, 2.45) is 16.3 Å². The van der Waals surface area contributed by atoms with Gasteiger partial charge in [-0.15, -0.1) is 0 Å². The number of nitrogens with one attached hydrogen (secondary N) is 1. The van der Waals surface area contributed by atoms with Crippen LogP contribution in [0.25, 0.3) is 0 Å². The highest BCUT2D eigenvalue weighted by Crippen LogP contribution is 2.39. The number of hydrogen-bond acceptors (Lipinski definition) is 3. The molecule has 19 heavy (non-hydrogen) atoms. The van der Waals surface area contributed by atoms with Gasteiger partial charge in [-0.25, -0.2) is 0 Å². The summed E-state index contributed by atoms with van der Waals surface area (Å²) >= 11 is 0. The molecule has 1 aliphatic carbocycles. The summed E-state index contributed by atoms with van der Waals surface area (Å²) in [6.45, 7) is 2.91. The summed E-state index contributed by atoms with van der Waals surface area (Å²) in [4.78, 5) is 12.0. The molecule has 102 valence electrons. The van der Waals surface area contributed by atoms with E-state index in [2.05, 4.69) is 17.4 Å². The minimum atomic E-state index is -0.0841. The molecule has 1 aliphatic rings. The zero-order valence-corrected chi connectivity index (χ0v) is 11.0. The monoisotopic (exact) mass is 261 g/mol. The van der Waals surface area contributed by atoms with Crippen LogP contribution >= 0.6 is 0 Å². The molecule has 5 nitrogen and oxygen atoms in total. The summed E-state index contributed by atoms with van der Waals surface area (Å²) in [7, 11) is 0. The van der Waals surface area contributed by atoms with E-state index in [-0.39, 0.29) is 17.2 Å². The van der Waals surface area contributed by atoms with Gasteiger partial charge in [-0.05, 0) is 30.4 Å². The molecule has 1 saturated carbocycles. The van der Waals surface area contributed by atoms with Crippen LogP contribution in [0.3, 0.4) is 0 Å². The maximum Gasteiger partial charge on any atom is 0.251 e. The third-order valence-corrected chi connectivity index (χ3v) is 3.79. The lowest BCUT2D eigenvalue weighted by Crippen LogP contribution is -2.39. The van der Waals surface area contributed by atoms with Gasteiger partial charge in [0.1, 0.15) is 0 Å². The van der Waals surface area contributed by atoms with Gasteiger partial charge in [-0.1, -0.05) is 30.6 Å². The normalized spacial score (nSPS) is 17.6. The van der Waals surface area contributed by atoms with Crippen molar-refractivity contribution in [2.45, 2.75) is 26.2 Å². The summed E-state index contributed by atoms with van der Waals surface area (Å²) in [5, 5.41) is 14.4. The summed E-state index contributed by atoms with van der Waals surface area (Å²) in [5.74, 6) is -0.0480. The molecule has 0 saturated heterocycles. The van der Waals surface area contributed by atoms with Crippen molar-refractivity contribution in [2.75, 3.05) is 6.54 Å². The third-order valence-electron chi connectivity index (χ3n) is 3.79. The van der Waals surface area contributed by atoms with E-state index in [4.69, 9.17) is 10.9 Å². The molecular formula is C14H19N3O2. The number of hydrogen-bond donors (Lipinski definition) is 3. The Morgan fingerprint density at radius 1 is 1.37 bits per heavy atom. The second kappa shape index (κ2) is 5.30. The molecule has 4 N–H and O–H groups in total. The van der Waals surface area contributed by atoms with Crippen molar-refractivity contribution < 1.29 is 10.0 Å². The molecule has 0 heterocycles. The first-order chi connectivity index (χ1) is 9.04. The molecule has 2 rings (SSSR count). The molecule has 0 radical (unpaired) electrons. The van der Waals surface area contributed by atoms with Crippen molar-refractivity contribution >= 4 is 11.7 Å². The Labute approximate surface area is 112 Å². The minimum Gasteiger partial charge on any atom is -0.409 e. The molecule has 0 spiro atoms. The van der Waals surface area contributed by atoms with E-state index < -0.39 is 0 Å². The lowest BCUT2D eigenvalue weighted by Gasteiger charge is -2.38. The average molecular weight is 261 g/mol. The van der Waals surface area contributed by atoms with Gasteiger partial charge in [0, 0.05) is 17.7 Å². The Balaban J connectivity index is 1.95. The quantitative estimate of drug-likeness (QED) is 0.333. The van der Waals surface area contributed by atoms with Gasteiger partial charge in [-0.2, -0.15) is 0 Å². The van der Waals surface area contributed by atoms with E-state index in [1.165, 1.54) is 19.3 Å². The van der Waals surface area contributed by atoms with Crippen LogP contribution in [-0.2, 0) is 0 Å². The van der Waals surface area contributed by atoms with Crippen molar-refractivity contribution in [3.05, 3.63) is 35.4 Å². The molecule has 0 aromatic heterocycles. The second-order valence-corrected chi connectivity index (χ2v) is 5.41. The number of rotatable bonds is 4. The fourth-order valence-corrected chi connectivity index (χ4v) is 2.20. The number of nitrogens with zero attached hydrogens (tertiary/aromatic N) is 1. The van der Waals surface area contributed by atoms with Crippen LogP contribution < -0.4 is 11.1 Å². The Kier molecular flexibility index (Phi) is 3.74. The number of oxime groups is 1. The number of carbonyl (C=O) groups excluding carboxylic acids is 1. The van der Waals surface area contributed by atoms with E-state index in [0.717, 1.165) is 0 Å². The molecule has 1 aromatic rings. The number of carbonyl (C=O) groups is 1. The van der Waals surface area contributed by atoms with Crippen LogP contribution in [-0.4, -0.2) is 23.5 Å². The molecule has 5 heteroatoms. The molecular weight excluding hydrogens is 242 g/mol. The van der Waals surface area contributed by atoms with E-state index in [1.54, 1.807) is 24.3 Å². The van der Waals surface area contributed by atoms with Crippen molar-refractivity contribution in [1.82, 2.24) is 5.32 Å². The van der Waals surface area contributed by atoms with Crippen molar-refractivity contribution in [3.63, 3.8) is 0 Å². The van der Waals surface area contributed by atoms with Crippen LogP contribution in [0.15, 0.2) is 29.4 Å². The lowest BCUT2D eigenvalue weighted by molar-refractivity contribution is 0.0891. The van der Waals surface area contributed by atoms with Gasteiger partial charge in [-0.3, -0.25) is 4.79 Å². The number of benzene rings is 1. The fraction of sp³-hybridized carbons (Fsp3) is 0.429. The molecule has 0 unspecified atom stereocenters. The molecule has 0 atom stereocenters. The Morgan fingerprint density at radius 2 is 1.95 bits per heavy atom. The second-order valence-electron chi connectivity index (χ2n) is 5.41. The summed E-state index contributed by atoms with van der Waals surface area (Å²) in [6.07, 6.45) is 3.60. The molecule has 1 amide bonds. The van der Waals surface area contributed by atoms with Gasteiger partial charge in [0.05, 0.1) is 0 Å². The average Bonchev–Trinajstić information content (AvgIpc) is 2.42. The predicted octanol–water partition coefficient (Wildman–Crippen LogP) is 1.70. The molecule has 1 fully saturated rings. The fourth-order valence-electron chi connectivity index (χ4n) is 2.20. The molecule has 0 bridgehead atoms. The Hall–Kier alpha value is -2.04. The van der Waals surface area contributed by atoms with Gasteiger partial charge >= 0.3 is 0 Å².